The lowest BCUT2D eigenvalue weighted by Crippen LogP contribution is -2.07. The van der Waals surface area contributed by atoms with Gasteiger partial charge in [0.15, 0.2) is 0 Å². The number of aryl methyl sites for hydroxylation is 1. The molecule has 28 heavy (non-hydrogen) atoms. The molecule has 1 aromatic carbocycles. The van der Waals surface area contributed by atoms with Gasteiger partial charge in [0.05, 0.1) is 4.90 Å². The molecule has 0 saturated carbocycles. The second-order valence-electron chi connectivity index (χ2n) is 8.11. The molecule has 0 aliphatic heterocycles. The molecule has 0 fully saturated rings. The highest BCUT2D eigenvalue weighted by Gasteiger charge is 2.17. The van der Waals surface area contributed by atoms with Gasteiger partial charge in [-0.3, -0.25) is 4.55 Å². The smallest absolute Gasteiger partial charge is 0.282 e. The summed E-state index contributed by atoms with van der Waals surface area (Å²) in [5, 5.41) is 0. The second-order valence-corrected chi connectivity index (χ2v) is 9.50. The Morgan fingerprint density at radius 3 is 1.68 bits per heavy atom. The van der Waals surface area contributed by atoms with Crippen LogP contribution in [0.5, 0.6) is 0 Å². The van der Waals surface area contributed by atoms with Crippen LogP contribution in [-0.4, -0.2) is 13.0 Å². The number of unbranched alkanes of at least 4 members (excludes halogenated alkanes) is 12. The highest BCUT2D eigenvalue weighted by molar-refractivity contribution is 7.85. The quantitative estimate of drug-likeness (QED) is 0.213. The maximum absolute atomic E-state index is 11.8. The Balaban J connectivity index is 2.48. The van der Waals surface area contributed by atoms with E-state index in [9.17, 15) is 13.0 Å². The van der Waals surface area contributed by atoms with E-state index in [1.165, 1.54) is 70.6 Å². The monoisotopic (exact) mass is 410 g/mol. The lowest BCUT2D eigenvalue weighted by atomic mass is 9.96. The lowest BCUT2D eigenvalue weighted by Gasteiger charge is -2.13. The van der Waals surface area contributed by atoms with E-state index < -0.39 is 10.1 Å². The van der Waals surface area contributed by atoms with Crippen molar-refractivity contribution >= 4 is 10.1 Å². The van der Waals surface area contributed by atoms with Crippen LogP contribution in [0.2, 0.25) is 0 Å². The normalized spacial score (nSPS) is 11.8. The molecule has 1 N–H and O–H groups in total. The summed E-state index contributed by atoms with van der Waals surface area (Å²) in [4.78, 5) is 0.122. The van der Waals surface area contributed by atoms with Crippen molar-refractivity contribution in [3.8, 4) is 0 Å². The zero-order valence-electron chi connectivity index (χ0n) is 18.2. The maximum Gasteiger partial charge on any atom is 0.294 e. The molecule has 1 aromatic rings. The van der Waals surface area contributed by atoms with Gasteiger partial charge in [-0.1, -0.05) is 103 Å². The topological polar surface area (TPSA) is 54.4 Å². The average molecular weight is 411 g/mol. The van der Waals surface area contributed by atoms with Crippen molar-refractivity contribution in [2.24, 2.45) is 0 Å². The summed E-state index contributed by atoms with van der Waals surface area (Å²) >= 11 is 0. The first-order valence-electron chi connectivity index (χ1n) is 11.6. The number of rotatable bonds is 17. The van der Waals surface area contributed by atoms with Crippen LogP contribution in [0.15, 0.2) is 23.1 Å². The zero-order valence-corrected chi connectivity index (χ0v) is 19.0. The number of benzene rings is 1. The summed E-state index contributed by atoms with van der Waals surface area (Å²) in [6.45, 7) is 4.44. The molecular weight excluding hydrogens is 368 g/mol. The summed E-state index contributed by atoms with van der Waals surface area (Å²) < 4.78 is 33.3. The zero-order chi connectivity index (χ0) is 20.7. The summed E-state index contributed by atoms with van der Waals surface area (Å²) in [6.07, 6.45) is 18.9. The average Bonchev–Trinajstić information content (AvgIpc) is 2.66. The number of hydrogen-bond donors (Lipinski definition) is 1. The minimum Gasteiger partial charge on any atom is -0.282 e. The lowest BCUT2D eigenvalue weighted by molar-refractivity contribution is 0.481. The van der Waals surface area contributed by atoms with Crippen molar-refractivity contribution in [3.63, 3.8) is 0 Å². The molecule has 0 aliphatic carbocycles. The standard InChI is InChI=1S/C24H42O3S/c1-3-5-7-9-10-11-12-13-14-16-20-23-22(18-15-8-6-4-2)19-17-21-24(23)28(25,26)27/h17,19,21H,3-16,18,20H2,1-2H3,(H,25,26,27). The van der Waals surface area contributed by atoms with Crippen LogP contribution in [-0.2, 0) is 23.0 Å². The molecule has 0 aliphatic rings. The maximum atomic E-state index is 11.8. The van der Waals surface area contributed by atoms with E-state index in [1.54, 1.807) is 12.1 Å². The van der Waals surface area contributed by atoms with E-state index in [1.807, 2.05) is 6.07 Å². The van der Waals surface area contributed by atoms with Gasteiger partial charge >= 0.3 is 0 Å². The fourth-order valence-electron chi connectivity index (χ4n) is 3.90. The molecule has 0 amide bonds. The van der Waals surface area contributed by atoms with Crippen molar-refractivity contribution in [2.45, 2.75) is 121 Å². The van der Waals surface area contributed by atoms with E-state index in [2.05, 4.69) is 13.8 Å². The Kier molecular flexibility index (Phi) is 13.5. The minimum atomic E-state index is -4.15. The summed E-state index contributed by atoms with van der Waals surface area (Å²) in [6, 6.07) is 5.35. The fraction of sp³-hybridized carbons (Fsp3) is 0.750. The third-order valence-corrected chi connectivity index (χ3v) is 6.53. The molecule has 4 heteroatoms. The first-order valence-corrected chi connectivity index (χ1v) is 13.0. The Morgan fingerprint density at radius 2 is 1.14 bits per heavy atom. The predicted octanol–water partition coefficient (Wildman–Crippen LogP) is 7.52. The Morgan fingerprint density at radius 1 is 0.679 bits per heavy atom. The predicted molar refractivity (Wildman–Crippen MR) is 120 cm³/mol. The first kappa shape index (κ1) is 25.2. The van der Waals surface area contributed by atoms with Crippen LogP contribution >= 0.6 is 0 Å². The third kappa shape index (κ3) is 10.6. The van der Waals surface area contributed by atoms with Crippen LogP contribution in [0, 0.1) is 0 Å². The summed E-state index contributed by atoms with van der Waals surface area (Å²) in [5.74, 6) is 0. The van der Waals surface area contributed by atoms with Crippen LogP contribution in [0.1, 0.15) is 115 Å². The largest absolute Gasteiger partial charge is 0.294 e. The summed E-state index contributed by atoms with van der Waals surface area (Å²) in [5.41, 5.74) is 1.95. The molecule has 1 rings (SSSR count). The number of hydrogen-bond acceptors (Lipinski definition) is 2. The SMILES string of the molecule is CCCCCCCCCCCCc1c(CCCCCC)cccc1S(=O)(=O)O. The van der Waals surface area contributed by atoms with Gasteiger partial charge < -0.3 is 0 Å². The van der Waals surface area contributed by atoms with Crippen molar-refractivity contribution < 1.29 is 13.0 Å². The molecule has 0 atom stereocenters. The second kappa shape index (κ2) is 15.0. The van der Waals surface area contributed by atoms with Gasteiger partial charge in [0.1, 0.15) is 0 Å². The molecule has 0 spiro atoms. The Labute approximate surface area is 174 Å². The van der Waals surface area contributed by atoms with E-state index in [4.69, 9.17) is 0 Å². The van der Waals surface area contributed by atoms with Gasteiger partial charge in [0, 0.05) is 0 Å². The van der Waals surface area contributed by atoms with E-state index >= 15 is 0 Å². The van der Waals surface area contributed by atoms with E-state index in [0.717, 1.165) is 43.2 Å². The van der Waals surface area contributed by atoms with Crippen LogP contribution in [0.3, 0.4) is 0 Å². The minimum absolute atomic E-state index is 0.122. The van der Waals surface area contributed by atoms with Crippen molar-refractivity contribution in [1.82, 2.24) is 0 Å². The van der Waals surface area contributed by atoms with Crippen molar-refractivity contribution in [3.05, 3.63) is 29.3 Å². The van der Waals surface area contributed by atoms with Gasteiger partial charge in [-0.05, 0) is 42.9 Å². The van der Waals surface area contributed by atoms with Crippen molar-refractivity contribution in [1.29, 1.82) is 0 Å². The van der Waals surface area contributed by atoms with Crippen molar-refractivity contribution in [2.75, 3.05) is 0 Å². The van der Waals surface area contributed by atoms with Gasteiger partial charge in [-0.2, -0.15) is 8.42 Å². The van der Waals surface area contributed by atoms with Gasteiger partial charge in [-0.25, -0.2) is 0 Å². The van der Waals surface area contributed by atoms with Crippen LogP contribution in [0.25, 0.3) is 0 Å². The Bertz CT molecular complexity index is 623. The molecule has 0 aromatic heterocycles. The van der Waals surface area contributed by atoms with E-state index in [0.29, 0.717) is 0 Å². The molecule has 0 radical (unpaired) electrons. The molecule has 0 saturated heterocycles. The molecule has 0 unspecified atom stereocenters. The summed E-state index contributed by atoms with van der Waals surface area (Å²) in [7, 11) is -4.15. The van der Waals surface area contributed by atoms with Crippen LogP contribution < -0.4 is 0 Å². The molecule has 3 nitrogen and oxygen atoms in total. The highest BCUT2D eigenvalue weighted by Crippen LogP contribution is 2.24. The van der Waals surface area contributed by atoms with Gasteiger partial charge in [0.2, 0.25) is 0 Å². The first-order chi connectivity index (χ1) is 13.5. The molecule has 0 heterocycles. The molecule has 0 bridgehead atoms. The van der Waals surface area contributed by atoms with Crippen LogP contribution in [0.4, 0.5) is 0 Å². The molecular formula is C24H42O3S. The van der Waals surface area contributed by atoms with E-state index in [-0.39, 0.29) is 4.90 Å². The molecule has 162 valence electrons. The highest BCUT2D eigenvalue weighted by atomic mass is 32.2. The third-order valence-electron chi connectivity index (χ3n) is 5.59. The van der Waals surface area contributed by atoms with Gasteiger partial charge in [-0.15, -0.1) is 0 Å². The fourth-order valence-corrected chi connectivity index (χ4v) is 4.70. The Hall–Kier alpha value is -0.870. The van der Waals surface area contributed by atoms with Gasteiger partial charge in [0.25, 0.3) is 10.1 Å².